The fraction of sp³-hybridized carbons (Fsp3) is 0.917. The maximum absolute atomic E-state index is 11.9. The van der Waals surface area contributed by atoms with Gasteiger partial charge in [-0.25, -0.2) is 0 Å². The second kappa shape index (κ2) is 6.86. The van der Waals surface area contributed by atoms with Crippen LogP contribution in [-0.2, 0) is 4.79 Å². The van der Waals surface area contributed by atoms with Gasteiger partial charge in [0.2, 0.25) is 5.91 Å². The van der Waals surface area contributed by atoms with Gasteiger partial charge in [0.15, 0.2) is 0 Å². The van der Waals surface area contributed by atoms with Crippen LogP contribution in [0.25, 0.3) is 0 Å². The SMILES string of the molecule is CCCN(CCN(C)C)C(=O)CNC1CC1. The zero-order chi connectivity index (χ0) is 12.0. The summed E-state index contributed by atoms with van der Waals surface area (Å²) in [7, 11) is 4.08. The average molecular weight is 227 g/mol. The fourth-order valence-electron chi connectivity index (χ4n) is 1.58. The Labute approximate surface area is 99.0 Å². The smallest absolute Gasteiger partial charge is 0.236 e. The van der Waals surface area contributed by atoms with E-state index in [9.17, 15) is 4.79 Å². The number of nitrogens with one attached hydrogen (secondary N) is 1. The van der Waals surface area contributed by atoms with Crippen molar-refractivity contribution >= 4 is 5.91 Å². The Balaban J connectivity index is 2.24. The fourth-order valence-corrected chi connectivity index (χ4v) is 1.58. The molecule has 1 aliphatic carbocycles. The van der Waals surface area contributed by atoms with Crippen LogP contribution in [-0.4, -0.2) is 62.0 Å². The molecule has 1 N–H and O–H groups in total. The quantitative estimate of drug-likeness (QED) is 0.657. The van der Waals surface area contributed by atoms with E-state index in [1.54, 1.807) is 0 Å². The van der Waals surface area contributed by atoms with Gasteiger partial charge in [0.25, 0.3) is 0 Å². The first-order chi connectivity index (χ1) is 7.63. The third kappa shape index (κ3) is 5.47. The molecule has 0 aromatic carbocycles. The molecule has 94 valence electrons. The number of nitrogens with zero attached hydrogens (tertiary/aromatic N) is 2. The lowest BCUT2D eigenvalue weighted by molar-refractivity contribution is -0.130. The number of carbonyl (C=O) groups excluding carboxylic acids is 1. The molecule has 0 saturated heterocycles. The normalized spacial score (nSPS) is 15.5. The largest absolute Gasteiger partial charge is 0.340 e. The molecule has 1 aliphatic rings. The van der Waals surface area contributed by atoms with Crippen molar-refractivity contribution in [1.82, 2.24) is 15.1 Å². The van der Waals surface area contributed by atoms with E-state index >= 15 is 0 Å². The maximum atomic E-state index is 11.9. The molecule has 0 aromatic rings. The van der Waals surface area contributed by atoms with Gasteiger partial charge < -0.3 is 15.1 Å². The van der Waals surface area contributed by atoms with Crippen LogP contribution in [0.4, 0.5) is 0 Å². The average Bonchev–Trinajstić information content (AvgIpc) is 3.04. The van der Waals surface area contributed by atoms with Crippen molar-refractivity contribution in [2.45, 2.75) is 32.2 Å². The standard InChI is InChI=1S/C12H25N3O/c1-4-7-15(9-8-14(2)3)12(16)10-13-11-5-6-11/h11,13H,4-10H2,1-3H3. The number of carbonyl (C=O) groups is 1. The van der Waals surface area contributed by atoms with E-state index in [1.165, 1.54) is 12.8 Å². The van der Waals surface area contributed by atoms with E-state index in [4.69, 9.17) is 0 Å². The molecule has 1 amide bonds. The van der Waals surface area contributed by atoms with Crippen LogP contribution in [0.5, 0.6) is 0 Å². The van der Waals surface area contributed by atoms with Crippen LogP contribution in [0.1, 0.15) is 26.2 Å². The van der Waals surface area contributed by atoms with E-state index in [-0.39, 0.29) is 5.91 Å². The Hall–Kier alpha value is -0.610. The molecule has 4 nitrogen and oxygen atoms in total. The molecule has 0 radical (unpaired) electrons. The predicted molar refractivity (Wildman–Crippen MR) is 66.4 cm³/mol. The molecule has 1 saturated carbocycles. The van der Waals surface area contributed by atoms with Crippen LogP contribution >= 0.6 is 0 Å². The molecule has 4 heteroatoms. The van der Waals surface area contributed by atoms with Crippen LogP contribution in [0.15, 0.2) is 0 Å². The third-order valence-corrected chi connectivity index (χ3v) is 2.78. The van der Waals surface area contributed by atoms with Gasteiger partial charge in [-0.1, -0.05) is 6.92 Å². The lowest BCUT2D eigenvalue weighted by atomic mass is 10.3. The Morgan fingerprint density at radius 1 is 1.25 bits per heavy atom. The number of rotatable bonds is 8. The van der Waals surface area contributed by atoms with Gasteiger partial charge in [0.05, 0.1) is 6.54 Å². The number of amides is 1. The van der Waals surface area contributed by atoms with Crippen LogP contribution in [0.3, 0.4) is 0 Å². The Morgan fingerprint density at radius 3 is 2.44 bits per heavy atom. The molecule has 0 bridgehead atoms. The van der Waals surface area contributed by atoms with Gasteiger partial charge in [-0.2, -0.15) is 0 Å². The maximum Gasteiger partial charge on any atom is 0.236 e. The summed E-state index contributed by atoms with van der Waals surface area (Å²) in [5.41, 5.74) is 0. The highest BCUT2D eigenvalue weighted by Gasteiger charge is 2.22. The summed E-state index contributed by atoms with van der Waals surface area (Å²) < 4.78 is 0. The van der Waals surface area contributed by atoms with Crippen molar-refractivity contribution in [1.29, 1.82) is 0 Å². The molecule has 16 heavy (non-hydrogen) atoms. The van der Waals surface area contributed by atoms with Crippen LogP contribution in [0, 0.1) is 0 Å². The molecule has 0 heterocycles. The van der Waals surface area contributed by atoms with Crippen molar-refractivity contribution in [2.75, 3.05) is 40.3 Å². The lowest BCUT2D eigenvalue weighted by Gasteiger charge is -2.24. The predicted octanol–water partition coefficient (Wildman–Crippen LogP) is 0.539. The number of likely N-dealkylation sites (N-methyl/N-ethyl adjacent to an activating group) is 1. The first kappa shape index (κ1) is 13.5. The minimum absolute atomic E-state index is 0.246. The first-order valence-corrected chi connectivity index (χ1v) is 6.29. The molecule has 0 aromatic heterocycles. The highest BCUT2D eigenvalue weighted by molar-refractivity contribution is 5.78. The second-order valence-electron chi connectivity index (χ2n) is 4.84. The molecule has 0 atom stereocenters. The van der Waals surface area contributed by atoms with Crippen molar-refractivity contribution in [3.63, 3.8) is 0 Å². The van der Waals surface area contributed by atoms with Gasteiger partial charge >= 0.3 is 0 Å². The summed E-state index contributed by atoms with van der Waals surface area (Å²) >= 11 is 0. The number of hydrogen-bond donors (Lipinski definition) is 1. The lowest BCUT2D eigenvalue weighted by Crippen LogP contribution is -2.42. The van der Waals surface area contributed by atoms with E-state index in [1.807, 2.05) is 19.0 Å². The molecular weight excluding hydrogens is 202 g/mol. The Morgan fingerprint density at radius 2 is 1.94 bits per heavy atom. The van der Waals surface area contributed by atoms with Crippen LogP contribution < -0.4 is 5.32 Å². The van der Waals surface area contributed by atoms with Gasteiger partial charge in [0.1, 0.15) is 0 Å². The molecule has 0 aliphatic heterocycles. The van der Waals surface area contributed by atoms with Crippen LogP contribution in [0.2, 0.25) is 0 Å². The topological polar surface area (TPSA) is 35.6 Å². The summed E-state index contributed by atoms with van der Waals surface area (Å²) in [6, 6.07) is 0.612. The van der Waals surface area contributed by atoms with Gasteiger partial charge in [0, 0.05) is 25.7 Å². The van der Waals surface area contributed by atoms with Crippen molar-refractivity contribution < 1.29 is 4.79 Å². The molecule has 0 spiro atoms. The van der Waals surface area contributed by atoms with Gasteiger partial charge in [-0.05, 0) is 33.4 Å². The van der Waals surface area contributed by atoms with Crippen molar-refractivity contribution in [3.8, 4) is 0 Å². The molecule has 1 rings (SSSR count). The zero-order valence-electron chi connectivity index (χ0n) is 10.8. The second-order valence-corrected chi connectivity index (χ2v) is 4.84. The van der Waals surface area contributed by atoms with E-state index < -0.39 is 0 Å². The summed E-state index contributed by atoms with van der Waals surface area (Å²) in [4.78, 5) is 16.0. The first-order valence-electron chi connectivity index (χ1n) is 6.29. The summed E-state index contributed by atoms with van der Waals surface area (Å²) in [6.45, 7) is 5.28. The highest BCUT2D eigenvalue weighted by Crippen LogP contribution is 2.18. The summed E-state index contributed by atoms with van der Waals surface area (Å²) in [5, 5.41) is 3.28. The van der Waals surface area contributed by atoms with Crippen molar-refractivity contribution in [3.05, 3.63) is 0 Å². The minimum atomic E-state index is 0.246. The monoisotopic (exact) mass is 227 g/mol. The van der Waals surface area contributed by atoms with Gasteiger partial charge in [-0.3, -0.25) is 4.79 Å². The van der Waals surface area contributed by atoms with Gasteiger partial charge in [-0.15, -0.1) is 0 Å². The zero-order valence-corrected chi connectivity index (χ0v) is 10.8. The van der Waals surface area contributed by atoms with E-state index in [0.29, 0.717) is 12.6 Å². The van der Waals surface area contributed by atoms with E-state index in [2.05, 4.69) is 17.1 Å². The summed E-state index contributed by atoms with van der Waals surface area (Å²) in [5.74, 6) is 0.246. The Kier molecular flexibility index (Phi) is 5.77. The Bertz CT molecular complexity index is 214. The third-order valence-electron chi connectivity index (χ3n) is 2.78. The molecule has 0 unspecified atom stereocenters. The molecule has 1 fully saturated rings. The van der Waals surface area contributed by atoms with Crippen molar-refractivity contribution in [2.24, 2.45) is 0 Å². The van der Waals surface area contributed by atoms with E-state index in [0.717, 1.165) is 26.1 Å². The molecular formula is C12H25N3O. The minimum Gasteiger partial charge on any atom is -0.340 e. The number of hydrogen-bond acceptors (Lipinski definition) is 3. The highest BCUT2D eigenvalue weighted by atomic mass is 16.2. The summed E-state index contributed by atoms with van der Waals surface area (Å²) in [6.07, 6.45) is 3.50.